The van der Waals surface area contributed by atoms with Gasteiger partial charge in [0.2, 0.25) is 11.6 Å². The van der Waals surface area contributed by atoms with Crippen molar-refractivity contribution in [2.45, 2.75) is 25.0 Å². The number of hydrogen-bond acceptors (Lipinski definition) is 8. The molecule has 0 aliphatic heterocycles. The van der Waals surface area contributed by atoms with Crippen LogP contribution in [0.4, 0.5) is 0 Å². The zero-order chi connectivity index (χ0) is 17.1. The molecule has 0 rings (SSSR count). The molecule has 0 radical (unpaired) electrons. The van der Waals surface area contributed by atoms with Crippen LogP contribution in [0.1, 0.15) is 12.8 Å². The molecule has 0 aromatic rings. The van der Waals surface area contributed by atoms with Crippen molar-refractivity contribution in [2.24, 2.45) is 0 Å². The first kappa shape index (κ1) is 19.7. The lowest BCUT2D eigenvalue weighted by atomic mass is 10.2. The second kappa shape index (κ2) is 10.4. The van der Waals surface area contributed by atoms with E-state index in [1.54, 1.807) is 0 Å². The van der Waals surface area contributed by atoms with Gasteiger partial charge < -0.3 is 19.7 Å². The minimum atomic E-state index is -1.42. The molecule has 0 heterocycles. The zero-order valence-corrected chi connectivity index (χ0v) is 11.9. The number of hydrogen-bond donors (Lipinski definition) is 2. The lowest BCUT2D eigenvalue weighted by Crippen LogP contribution is -2.25. The Hall–Kier alpha value is -2.32. The van der Waals surface area contributed by atoms with E-state index in [0.717, 1.165) is 12.2 Å². The Morgan fingerprint density at radius 3 is 1.41 bits per heavy atom. The molecule has 2 unspecified atom stereocenters. The molecule has 0 aliphatic rings. The quantitative estimate of drug-likeness (QED) is 0.370. The molecular weight excluding hydrogens is 296 g/mol. The van der Waals surface area contributed by atoms with E-state index in [9.17, 15) is 19.2 Å². The van der Waals surface area contributed by atoms with Crippen LogP contribution < -0.4 is 0 Å². The van der Waals surface area contributed by atoms with Crippen LogP contribution in [-0.2, 0) is 28.7 Å². The predicted molar refractivity (Wildman–Crippen MR) is 73.6 cm³/mol. The van der Waals surface area contributed by atoms with E-state index in [0.29, 0.717) is 0 Å². The summed E-state index contributed by atoms with van der Waals surface area (Å²) < 4.78 is 9.07. The maximum absolute atomic E-state index is 11.2. The highest BCUT2D eigenvalue weighted by Crippen LogP contribution is 1.98. The number of esters is 2. The summed E-state index contributed by atoms with van der Waals surface area (Å²) in [6.45, 7) is 5.13. The van der Waals surface area contributed by atoms with E-state index in [2.05, 4.69) is 22.6 Å². The van der Waals surface area contributed by atoms with Crippen molar-refractivity contribution in [1.82, 2.24) is 0 Å². The topological polar surface area (TPSA) is 127 Å². The average Bonchev–Trinajstić information content (AvgIpc) is 2.53. The minimum absolute atomic E-state index is 0.353. The van der Waals surface area contributed by atoms with Crippen molar-refractivity contribution in [2.75, 3.05) is 13.2 Å². The molecule has 0 aromatic heterocycles. The van der Waals surface area contributed by atoms with Gasteiger partial charge in [0.1, 0.15) is 12.2 Å². The van der Waals surface area contributed by atoms with Gasteiger partial charge in [0.25, 0.3) is 0 Å². The molecule has 0 saturated carbocycles. The fraction of sp³-hybridized carbons (Fsp3) is 0.429. The van der Waals surface area contributed by atoms with Crippen LogP contribution in [0.2, 0.25) is 0 Å². The number of carbonyl (C=O) groups is 4. The maximum Gasteiger partial charge on any atom is 0.306 e. The highest BCUT2D eigenvalue weighted by atomic mass is 16.5. The predicted octanol–water partition coefficient (Wildman–Crippen LogP) is -0.915. The van der Waals surface area contributed by atoms with Crippen molar-refractivity contribution in [3.8, 4) is 0 Å². The van der Waals surface area contributed by atoms with Gasteiger partial charge in [0.05, 0.1) is 12.8 Å². The summed E-state index contributed by atoms with van der Waals surface area (Å²) in [6, 6.07) is 0. The number of aliphatic hydroxyl groups is 2. The Morgan fingerprint density at radius 2 is 1.14 bits per heavy atom. The van der Waals surface area contributed by atoms with Crippen molar-refractivity contribution >= 4 is 23.5 Å². The van der Waals surface area contributed by atoms with Crippen LogP contribution in [0.15, 0.2) is 25.3 Å². The van der Waals surface area contributed by atoms with E-state index < -0.39 is 48.9 Å². The Kier molecular flexibility index (Phi) is 9.31. The van der Waals surface area contributed by atoms with Crippen LogP contribution in [0, 0.1) is 0 Å². The largest absolute Gasteiger partial charge is 0.458 e. The summed E-state index contributed by atoms with van der Waals surface area (Å²) >= 11 is 0. The maximum atomic E-state index is 11.2. The summed E-state index contributed by atoms with van der Waals surface area (Å²) in [6.07, 6.45) is -1.56. The van der Waals surface area contributed by atoms with E-state index in [-0.39, 0.29) is 12.8 Å². The van der Waals surface area contributed by atoms with Crippen LogP contribution in [0.5, 0.6) is 0 Å². The molecule has 122 valence electrons. The lowest BCUT2D eigenvalue weighted by Gasteiger charge is -2.07. The van der Waals surface area contributed by atoms with E-state index in [4.69, 9.17) is 10.2 Å². The summed E-state index contributed by atoms with van der Waals surface area (Å²) in [5, 5.41) is 18.1. The molecule has 0 aliphatic carbocycles. The molecule has 8 heteroatoms. The van der Waals surface area contributed by atoms with Crippen molar-refractivity contribution < 1.29 is 38.9 Å². The Morgan fingerprint density at radius 1 is 0.818 bits per heavy atom. The van der Waals surface area contributed by atoms with E-state index in [1.807, 2.05) is 0 Å². The third-order valence-electron chi connectivity index (χ3n) is 2.39. The fourth-order valence-corrected chi connectivity index (χ4v) is 1.09. The summed E-state index contributed by atoms with van der Waals surface area (Å²) in [5.41, 5.74) is 0. The molecule has 2 N–H and O–H groups in total. The second-order valence-electron chi connectivity index (χ2n) is 4.12. The normalized spacial score (nSPS) is 12.6. The average molecular weight is 314 g/mol. The van der Waals surface area contributed by atoms with Gasteiger partial charge in [0, 0.05) is 0 Å². The lowest BCUT2D eigenvalue weighted by molar-refractivity contribution is -0.154. The minimum Gasteiger partial charge on any atom is -0.458 e. The first-order valence-electron chi connectivity index (χ1n) is 6.29. The monoisotopic (exact) mass is 314 g/mol. The smallest absolute Gasteiger partial charge is 0.306 e. The van der Waals surface area contributed by atoms with Gasteiger partial charge in [0.15, 0.2) is 13.2 Å². The summed E-state index contributed by atoms with van der Waals surface area (Å²) in [5.74, 6) is -3.15. The first-order chi connectivity index (χ1) is 10.3. The molecule has 0 bridgehead atoms. The molecule has 8 nitrogen and oxygen atoms in total. The number of ketones is 2. The molecule has 0 saturated heterocycles. The Bertz CT molecular complexity index is 412. The SMILES string of the molecule is C=CC(O)C(=O)COC(=O)CCC(=O)OCC(=O)C(O)C=C. The summed E-state index contributed by atoms with van der Waals surface area (Å²) in [4.78, 5) is 44.7. The summed E-state index contributed by atoms with van der Waals surface area (Å²) in [7, 11) is 0. The number of carbonyl (C=O) groups excluding carboxylic acids is 4. The molecular formula is C14H18O8. The molecule has 0 aromatic carbocycles. The molecule has 22 heavy (non-hydrogen) atoms. The van der Waals surface area contributed by atoms with Crippen molar-refractivity contribution in [1.29, 1.82) is 0 Å². The van der Waals surface area contributed by atoms with Gasteiger partial charge in [-0.2, -0.15) is 0 Å². The first-order valence-corrected chi connectivity index (χ1v) is 6.29. The standard InChI is InChI=1S/C14H18O8/c1-3-9(15)11(17)7-21-13(19)5-6-14(20)22-8-12(18)10(16)4-2/h3-4,9-10,15-16H,1-2,5-8H2. The van der Waals surface area contributed by atoms with Crippen LogP contribution in [-0.4, -0.2) is 59.1 Å². The fourth-order valence-electron chi connectivity index (χ4n) is 1.09. The van der Waals surface area contributed by atoms with Crippen LogP contribution in [0.3, 0.4) is 0 Å². The third kappa shape index (κ3) is 8.08. The van der Waals surface area contributed by atoms with Crippen LogP contribution in [0.25, 0.3) is 0 Å². The van der Waals surface area contributed by atoms with E-state index >= 15 is 0 Å². The Labute approximate surface area is 127 Å². The zero-order valence-electron chi connectivity index (χ0n) is 11.9. The van der Waals surface area contributed by atoms with Crippen molar-refractivity contribution in [3.63, 3.8) is 0 Å². The Balaban J connectivity index is 3.93. The van der Waals surface area contributed by atoms with Gasteiger partial charge in [-0.15, -0.1) is 13.2 Å². The highest BCUT2D eigenvalue weighted by Gasteiger charge is 2.16. The number of Topliss-reactive ketones (excluding diaryl/α,β-unsaturated/α-hetero) is 2. The number of ether oxygens (including phenoxy) is 2. The molecule has 0 spiro atoms. The van der Waals surface area contributed by atoms with Crippen LogP contribution >= 0.6 is 0 Å². The molecule has 0 fully saturated rings. The van der Waals surface area contributed by atoms with Gasteiger partial charge in [-0.3, -0.25) is 19.2 Å². The number of aliphatic hydroxyl groups excluding tert-OH is 2. The van der Waals surface area contributed by atoms with E-state index in [1.165, 1.54) is 0 Å². The van der Waals surface area contributed by atoms with Gasteiger partial charge in [-0.25, -0.2) is 0 Å². The number of rotatable bonds is 11. The van der Waals surface area contributed by atoms with Crippen molar-refractivity contribution in [3.05, 3.63) is 25.3 Å². The third-order valence-corrected chi connectivity index (χ3v) is 2.39. The van der Waals surface area contributed by atoms with Gasteiger partial charge in [-0.05, 0) is 0 Å². The van der Waals surface area contributed by atoms with Gasteiger partial charge in [-0.1, -0.05) is 12.2 Å². The van der Waals surface area contributed by atoms with Gasteiger partial charge >= 0.3 is 11.9 Å². The highest BCUT2D eigenvalue weighted by molar-refractivity contribution is 5.88. The molecule has 0 amide bonds. The molecule has 2 atom stereocenters. The second-order valence-corrected chi connectivity index (χ2v) is 4.12.